The maximum atomic E-state index is 14.2. The first-order valence-corrected chi connectivity index (χ1v) is 9.76. The molecule has 0 saturated heterocycles. The van der Waals surface area contributed by atoms with E-state index in [1.807, 2.05) is 0 Å². The van der Waals surface area contributed by atoms with Crippen LogP contribution in [-0.4, -0.2) is 29.2 Å². The van der Waals surface area contributed by atoms with Gasteiger partial charge in [0, 0.05) is 18.5 Å². The van der Waals surface area contributed by atoms with Crippen LogP contribution in [0.1, 0.15) is 27.9 Å². The van der Waals surface area contributed by atoms with E-state index in [4.69, 9.17) is 4.84 Å². The lowest BCUT2D eigenvalue weighted by atomic mass is 10.0. The van der Waals surface area contributed by atoms with Gasteiger partial charge in [-0.2, -0.15) is 0 Å². The highest BCUT2D eigenvalue weighted by Crippen LogP contribution is 2.21. The molecule has 1 amide bonds. The van der Waals surface area contributed by atoms with Crippen LogP contribution in [-0.2, 0) is 11.4 Å². The molecule has 158 valence electrons. The molecule has 0 spiro atoms. The molecule has 3 aromatic rings. The summed E-state index contributed by atoms with van der Waals surface area (Å²) in [4.78, 5) is 20.0. The van der Waals surface area contributed by atoms with E-state index in [-0.39, 0.29) is 24.5 Å². The first-order chi connectivity index (χ1) is 15.0. The number of rotatable bonds is 6. The molecule has 1 aliphatic rings. The van der Waals surface area contributed by atoms with Crippen molar-refractivity contribution in [3.05, 3.63) is 107 Å². The fourth-order valence-electron chi connectivity index (χ4n) is 3.49. The van der Waals surface area contributed by atoms with Crippen LogP contribution in [0.3, 0.4) is 0 Å². The highest BCUT2D eigenvalue weighted by Gasteiger charge is 2.28. The number of benzene rings is 3. The third kappa shape index (κ3) is 4.94. The normalized spacial score (nSPS) is 15.3. The van der Waals surface area contributed by atoms with Crippen molar-refractivity contribution in [2.45, 2.75) is 19.1 Å². The minimum Gasteiger partial charge on any atom is -0.390 e. The van der Waals surface area contributed by atoms with Crippen molar-refractivity contribution in [2.75, 3.05) is 6.54 Å². The quantitative estimate of drug-likeness (QED) is 0.563. The molecule has 31 heavy (non-hydrogen) atoms. The van der Waals surface area contributed by atoms with Crippen molar-refractivity contribution < 1.29 is 22.8 Å². The lowest BCUT2D eigenvalue weighted by Gasteiger charge is -2.25. The van der Waals surface area contributed by atoms with Gasteiger partial charge >= 0.3 is 0 Å². The second kappa shape index (κ2) is 9.04. The third-order valence-electron chi connectivity index (χ3n) is 4.97. The molecule has 7 heteroatoms. The summed E-state index contributed by atoms with van der Waals surface area (Å²) in [6.07, 6.45) is -0.143. The van der Waals surface area contributed by atoms with Crippen LogP contribution in [0.25, 0.3) is 0 Å². The number of nitrogens with zero attached hydrogens (tertiary/aromatic N) is 2. The maximum absolute atomic E-state index is 14.2. The van der Waals surface area contributed by atoms with Crippen LogP contribution < -0.4 is 0 Å². The van der Waals surface area contributed by atoms with E-state index in [0.29, 0.717) is 23.3 Å². The minimum atomic E-state index is -0.638. The topological polar surface area (TPSA) is 41.9 Å². The summed E-state index contributed by atoms with van der Waals surface area (Å²) in [5.41, 5.74) is 1.64. The Balaban J connectivity index is 1.53. The number of hydrogen-bond acceptors (Lipinski definition) is 3. The molecule has 3 aromatic carbocycles. The van der Waals surface area contributed by atoms with Gasteiger partial charge in [0.15, 0.2) is 6.10 Å². The Hall–Kier alpha value is -3.61. The predicted octanol–water partition coefficient (Wildman–Crippen LogP) is 4.94. The molecule has 1 aliphatic heterocycles. The van der Waals surface area contributed by atoms with Crippen LogP contribution in [0.15, 0.2) is 78.0 Å². The number of amides is 1. The summed E-state index contributed by atoms with van der Waals surface area (Å²) in [7, 11) is 0. The summed E-state index contributed by atoms with van der Waals surface area (Å²) in [6, 6.07) is 17.6. The van der Waals surface area contributed by atoms with E-state index < -0.39 is 23.6 Å². The van der Waals surface area contributed by atoms with Gasteiger partial charge in [0.2, 0.25) is 0 Å². The first-order valence-electron chi connectivity index (χ1n) is 9.76. The van der Waals surface area contributed by atoms with E-state index >= 15 is 0 Å². The maximum Gasteiger partial charge on any atom is 0.257 e. The SMILES string of the molecule is O=C(c1ccccc1F)N(Cc1cccc(F)c1)C[C@@H]1CC(c2cccc(F)c2)=NO1. The van der Waals surface area contributed by atoms with Crippen LogP contribution in [0, 0.1) is 17.5 Å². The second-order valence-corrected chi connectivity index (χ2v) is 7.28. The van der Waals surface area contributed by atoms with Gasteiger partial charge in [-0.1, -0.05) is 41.6 Å². The van der Waals surface area contributed by atoms with E-state index in [1.54, 1.807) is 30.3 Å². The fourth-order valence-corrected chi connectivity index (χ4v) is 3.49. The lowest BCUT2D eigenvalue weighted by Crippen LogP contribution is -2.37. The van der Waals surface area contributed by atoms with Gasteiger partial charge in [-0.25, -0.2) is 13.2 Å². The highest BCUT2D eigenvalue weighted by atomic mass is 19.1. The van der Waals surface area contributed by atoms with Crippen molar-refractivity contribution in [3.63, 3.8) is 0 Å². The average Bonchev–Trinajstić information content (AvgIpc) is 3.22. The molecule has 0 radical (unpaired) electrons. The van der Waals surface area contributed by atoms with Gasteiger partial charge in [0.1, 0.15) is 17.5 Å². The number of hydrogen-bond donors (Lipinski definition) is 0. The monoisotopic (exact) mass is 424 g/mol. The Morgan fingerprint density at radius 2 is 1.71 bits per heavy atom. The van der Waals surface area contributed by atoms with Crippen molar-refractivity contribution in [1.82, 2.24) is 4.90 Å². The molecule has 0 bridgehead atoms. The summed E-state index contributed by atoms with van der Waals surface area (Å²) in [5, 5.41) is 4.03. The van der Waals surface area contributed by atoms with Crippen LogP contribution in [0.5, 0.6) is 0 Å². The second-order valence-electron chi connectivity index (χ2n) is 7.28. The predicted molar refractivity (Wildman–Crippen MR) is 110 cm³/mol. The number of carbonyl (C=O) groups is 1. The Labute approximate surface area is 177 Å². The zero-order chi connectivity index (χ0) is 21.8. The zero-order valence-electron chi connectivity index (χ0n) is 16.5. The van der Waals surface area contributed by atoms with Gasteiger partial charge < -0.3 is 9.74 Å². The van der Waals surface area contributed by atoms with Crippen molar-refractivity contribution >= 4 is 11.6 Å². The van der Waals surface area contributed by atoms with Gasteiger partial charge in [0.05, 0.1) is 17.8 Å². The number of oxime groups is 1. The van der Waals surface area contributed by atoms with Crippen LogP contribution in [0.2, 0.25) is 0 Å². The summed E-state index contributed by atoms with van der Waals surface area (Å²) < 4.78 is 41.4. The van der Waals surface area contributed by atoms with Crippen LogP contribution >= 0.6 is 0 Å². The van der Waals surface area contributed by atoms with Crippen molar-refractivity contribution in [3.8, 4) is 0 Å². The van der Waals surface area contributed by atoms with Crippen molar-refractivity contribution in [2.24, 2.45) is 5.16 Å². The van der Waals surface area contributed by atoms with E-state index in [0.717, 1.165) is 0 Å². The summed E-state index contributed by atoms with van der Waals surface area (Å²) >= 11 is 0. The Bertz CT molecular complexity index is 1130. The molecular weight excluding hydrogens is 405 g/mol. The standard InChI is InChI=1S/C24H19F3N2O2/c25-18-7-3-5-16(11-18)14-29(24(30)21-9-1-2-10-22(21)27)15-20-13-23(28-31-20)17-6-4-8-19(26)12-17/h1-12,20H,13-15H2/t20-/m0/s1. The molecule has 0 unspecified atom stereocenters. The zero-order valence-corrected chi connectivity index (χ0v) is 16.5. The number of carbonyl (C=O) groups excluding carboxylic acids is 1. The van der Waals surface area contributed by atoms with Crippen molar-refractivity contribution in [1.29, 1.82) is 0 Å². The smallest absolute Gasteiger partial charge is 0.257 e. The fraction of sp³-hybridized carbons (Fsp3) is 0.167. The number of halogens is 3. The van der Waals surface area contributed by atoms with E-state index in [9.17, 15) is 18.0 Å². The largest absolute Gasteiger partial charge is 0.390 e. The Morgan fingerprint density at radius 3 is 2.45 bits per heavy atom. The van der Waals surface area contributed by atoms with Gasteiger partial charge in [-0.15, -0.1) is 0 Å². The van der Waals surface area contributed by atoms with Gasteiger partial charge in [0.25, 0.3) is 5.91 Å². The average molecular weight is 424 g/mol. The Kier molecular flexibility index (Phi) is 6.02. The molecule has 1 atom stereocenters. The molecular formula is C24H19F3N2O2. The van der Waals surface area contributed by atoms with Gasteiger partial charge in [-0.05, 0) is 42.0 Å². The molecule has 0 N–H and O–H groups in total. The van der Waals surface area contributed by atoms with E-state index in [2.05, 4.69) is 5.16 Å². The minimum absolute atomic E-state index is 0.0695. The Morgan fingerprint density at radius 1 is 0.968 bits per heavy atom. The summed E-state index contributed by atoms with van der Waals surface area (Å²) in [5.74, 6) is -1.98. The summed E-state index contributed by atoms with van der Waals surface area (Å²) in [6.45, 7) is 0.173. The first kappa shape index (κ1) is 20.7. The molecule has 0 fully saturated rings. The highest BCUT2D eigenvalue weighted by molar-refractivity contribution is 6.01. The lowest BCUT2D eigenvalue weighted by molar-refractivity contribution is 0.0402. The molecule has 4 rings (SSSR count). The molecule has 0 aliphatic carbocycles. The van der Waals surface area contributed by atoms with Gasteiger partial charge in [-0.3, -0.25) is 4.79 Å². The molecule has 0 aromatic heterocycles. The molecule has 1 heterocycles. The molecule has 0 saturated carbocycles. The third-order valence-corrected chi connectivity index (χ3v) is 4.97. The molecule has 4 nitrogen and oxygen atoms in total. The van der Waals surface area contributed by atoms with E-state index in [1.165, 1.54) is 47.4 Å². The van der Waals surface area contributed by atoms with Crippen LogP contribution in [0.4, 0.5) is 13.2 Å².